The number of hydrogen-bond donors (Lipinski definition) is 2. The first-order valence-corrected chi connectivity index (χ1v) is 11.0. The van der Waals surface area contributed by atoms with Crippen LogP contribution in [0.2, 0.25) is 5.02 Å². The zero-order valence-electron chi connectivity index (χ0n) is 18.4. The molecule has 0 aliphatic carbocycles. The Balaban J connectivity index is 2.17. The Morgan fingerprint density at radius 1 is 1.06 bits per heavy atom. The van der Waals surface area contributed by atoms with Crippen molar-refractivity contribution in [1.82, 2.24) is 10.6 Å². The lowest BCUT2D eigenvalue weighted by molar-refractivity contribution is -0.138. The van der Waals surface area contributed by atoms with E-state index in [4.69, 9.17) is 25.8 Å². The Hall–Kier alpha value is -3.19. The first kappa shape index (κ1) is 23.5. The fraction of sp³-hybridized carbons (Fsp3) is 0.333. The van der Waals surface area contributed by atoms with E-state index in [-0.39, 0.29) is 12.2 Å². The van der Waals surface area contributed by atoms with Gasteiger partial charge in [-0.25, -0.2) is 9.59 Å². The molecule has 7 nitrogen and oxygen atoms in total. The van der Waals surface area contributed by atoms with Crippen LogP contribution in [0.1, 0.15) is 44.4 Å². The minimum Gasteiger partial charge on any atom is -0.490 e. The van der Waals surface area contributed by atoms with Crippen LogP contribution in [0.3, 0.4) is 0 Å². The summed E-state index contributed by atoms with van der Waals surface area (Å²) in [6, 6.07) is 11.3. The Kier molecular flexibility index (Phi) is 8.00. The monoisotopic (exact) mass is 458 g/mol. The first-order valence-electron chi connectivity index (χ1n) is 10.6. The number of ether oxygens (including phenoxy) is 3. The quantitative estimate of drug-likeness (QED) is 0.524. The fourth-order valence-electron chi connectivity index (χ4n) is 3.44. The fourth-order valence-corrected chi connectivity index (χ4v) is 3.71. The van der Waals surface area contributed by atoms with Crippen LogP contribution in [0, 0.1) is 0 Å². The van der Waals surface area contributed by atoms with Crippen molar-refractivity contribution in [1.29, 1.82) is 0 Å². The second-order valence-corrected chi connectivity index (χ2v) is 7.43. The van der Waals surface area contributed by atoms with Gasteiger partial charge in [0.25, 0.3) is 0 Å². The second-order valence-electron chi connectivity index (χ2n) is 7.02. The summed E-state index contributed by atoms with van der Waals surface area (Å²) < 4.78 is 16.9. The summed E-state index contributed by atoms with van der Waals surface area (Å²) in [7, 11) is 0. The molecule has 0 saturated heterocycles. The van der Waals surface area contributed by atoms with Gasteiger partial charge in [-0.3, -0.25) is 0 Å². The SMILES string of the molecule is CCCOc1c(Cl)cc(C2NC(=O)NC(c3ccccc3)=C2C(=O)OCC)cc1OCC. The molecule has 1 aliphatic heterocycles. The lowest BCUT2D eigenvalue weighted by Gasteiger charge is -2.30. The number of rotatable bonds is 9. The maximum Gasteiger partial charge on any atom is 0.338 e. The molecule has 2 aromatic rings. The van der Waals surface area contributed by atoms with Crippen LogP contribution >= 0.6 is 11.6 Å². The normalized spacial score (nSPS) is 15.6. The van der Waals surface area contributed by atoms with E-state index in [2.05, 4.69) is 10.6 Å². The average Bonchev–Trinajstić information content (AvgIpc) is 2.78. The average molecular weight is 459 g/mol. The summed E-state index contributed by atoms with van der Waals surface area (Å²) >= 11 is 6.54. The zero-order chi connectivity index (χ0) is 23.1. The largest absolute Gasteiger partial charge is 0.490 e. The molecule has 1 heterocycles. The Morgan fingerprint density at radius 3 is 2.47 bits per heavy atom. The predicted octanol–water partition coefficient (Wildman–Crippen LogP) is 4.86. The molecule has 0 fully saturated rings. The second kappa shape index (κ2) is 10.9. The van der Waals surface area contributed by atoms with Crippen molar-refractivity contribution >= 4 is 29.3 Å². The van der Waals surface area contributed by atoms with Gasteiger partial charge in [-0.05, 0) is 43.5 Å². The highest BCUT2D eigenvalue weighted by atomic mass is 35.5. The van der Waals surface area contributed by atoms with E-state index in [0.717, 1.165) is 6.42 Å². The summed E-state index contributed by atoms with van der Waals surface area (Å²) in [5.74, 6) is 0.342. The smallest absolute Gasteiger partial charge is 0.338 e. The number of nitrogens with one attached hydrogen (secondary N) is 2. The molecule has 0 aromatic heterocycles. The van der Waals surface area contributed by atoms with Gasteiger partial charge in [0.05, 0.1) is 42.2 Å². The molecule has 8 heteroatoms. The van der Waals surface area contributed by atoms with Gasteiger partial charge in [0.15, 0.2) is 11.5 Å². The highest BCUT2D eigenvalue weighted by molar-refractivity contribution is 6.32. The summed E-state index contributed by atoms with van der Waals surface area (Å²) in [6.45, 7) is 6.66. The van der Waals surface area contributed by atoms with Crippen molar-refractivity contribution in [2.45, 2.75) is 33.2 Å². The van der Waals surface area contributed by atoms with E-state index in [0.29, 0.717) is 46.6 Å². The van der Waals surface area contributed by atoms with Gasteiger partial charge >= 0.3 is 12.0 Å². The summed E-state index contributed by atoms with van der Waals surface area (Å²) in [5.41, 5.74) is 1.93. The topological polar surface area (TPSA) is 85.9 Å². The number of benzene rings is 2. The molecule has 1 aliphatic rings. The molecule has 2 amide bonds. The Labute approximate surface area is 192 Å². The van der Waals surface area contributed by atoms with Crippen LogP contribution in [-0.2, 0) is 9.53 Å². The standard InChI is InChI=1S/C24H27ClN2O5/c1-4-12-32-22-17(25)13-16(14-18(22)30-5-2)21-19(23(28)31-6-3)20(26-24(29)27-21)15-10-8-7-9-11-15/h7-11,13-14,21H,4-6,12H2,1-3H3,(H2,26,27,29). The number of urea groups is 1. The molecular formula is C24H27ClN2O5. The number of hydrogen-bond acceptors (Lipinski definition) is 5. The first-order chi connectivity index (χ1) is 15.5. The van der Waals surface area contributed by atoms with E-state index >= 15 is 0 Å². The summed E-state index contributed by atoms with van der Waals surface area (Å²) in [5, 5.41) is 5.90. The number of carbonyl (C=O) groups is 2. The number of amides is 2. The molecule has 32 heavy (non-hydrogen) atoms. The van der Waals surface area contributed by atoms with Crippen molar-refractivity contribution < 1.29 is 23.8 Å². The summed E-state index contributed by atoms with van der Waals surface area (Å²) in [4.78, 5) is 25.6. The van der Waals surface area contributed by atoms with E-state index < -0.39 is 18.0 Å². The maximum absolute atomic E-state index is 13.0. The lowest BCUT2D eigenvalue weighted by Crippen LogP contribution is -2.45. The van der Waals surface area contributed by atoms with E-state index in [9.17, 15) is 9.59 Å². The van der Waals surface area contributed by atoms with Crippen LogP contribution in [-0.4, -0.2) is 31.8 Å². The minimum absolute atomic E-state index is 0.194. The molecule has 1 atom stereocenters. The number of esters is 1. The van der Waals surface area contributed by atoms with Crippen molar-refractivity contribution in [2.75, 3.05) is 19.8 Å². The molecule has 2 aromatic carbocycles. The van der Waals surface area contributed by atoms with Gasteiger partial charge in [-0.2, -0.15) is 0 Å². The minimum atomic E-state index is -0.796. The third-order valence-corrected chi connectivity index (χ3v) is 5.03. The molecule has 0 radical (unpaired) electrons. The van der Waals surface area contributed by atoms with Crippen LogP contribution in [0.4, 0.5) is 4.79 Å². The van der Waals surface area contributed by atoms with E-state index in [1.165, 1.54) is 0 Å². The van der Waals surface area contributed by atoms with Crippen molar-refractivity contribution in [2.24, 2.45) is 0 Å². The summed E-state index contributed by atoms with van der Waals surface area (Å²) in [6.07, 6.45) is 0.810. The van der Waals surface area contributed by atoms with Gasteiger partial charge in [-0.1, -0.05) is 48.9 Å². The van der Waals surface area contributed by atoms with Crippen LogP contribution in [0.25, 0.3) is 5.70 Å². The molecule has 1 unspecified atom stereocenters. The van der Waals surface area contributed by atoms with Gasteiger partial charge in [0.2, 0.25) is 0 Å². The molecular weight excluding hydrogens is 432 g/mol. The van der Waals surface area contributed by atoms with Gasteiger partial charge in [-0.15, -0.1) is 0 Å². The zero-order valence-corrected chi connectivity index (χ0v) is 19.1. The van der Waals surface area contributed by atoms with Crippen LogP contribution < -0.4 is 20.1 Å². The molecule has 0 spiro atoms. The van der Waals surface area contributed by atoms with Gasteiger partial charge in [0, 0.05) is 0 Å². The molecule has 170 valence electrons. The van der Waals surface area contributed by atoms with Gasteiger partial charge < -0.3 is 24.8 Å². The van der Waals surface area contributed by atoms with Crippen molar-refractivity contribution in [3.63, 3.8) is 0 Å². The highest BCUT2D eigenvalue weighted by Crippen LogP contribution is 2.41. The Morgan fingerprint density at radius 2 is 1.81 bits per heavy atom. The molecule has 0 bridgehead atoms. The van der Waals surface area contributed by atoms with Crippen LogP contribution in [0.15, 0.2) is 48.0 Å². The lowest BCUT2D eigenvalue weighted by atomic mass is 9.92. The molecule has 3 rings (SSSR count). The van der Waals surface area contributed by atoms with E-state index in [1.54, 1.807) is 19.1 Å². The molecule has 0 saturated carbocycles. The van der Waals surface area contributed by atoms with E-state index in [1.807, 2.05) is 44.2 Å². The highest BCUT2D eigenvalue weighted by Gasteiger charge is 2.35. The van der Waals surface area contributed by atoms with Gasteiger partial charge in [0.1, 0.15) is 0 Å². The maximum atomic E-state index is 13.0. The predicted molar refractivity (Wildman–Crippen MR) is 123 cm³/mol. The third-order valence-electron chi connectivity index (χ3n) is 4.75. The molecule has 2 N–H and O–H groups in total. The number of carbonyl (C=O) groups excluding carboxylic acids is 2. The Bertz CT molecular complexity index is 1010. The van der Waals surface area contributed by atoms with Crippen LogP contribution in [0.5, 0.6) is 11.5 Å². The number of halogens is 1. The van der Waals surface area contributed by atoms with Crippen molar-refractivity contribution in [3.05, 3.63) is 64.2 Å². The third kappa shape index (κ3) is 5.16. The van der Waals surface area contributed by atoms with Crippen molar-refractivity contribution in [3.8, 4) is 11.5 Å².